The van der Waals surface area contributed by atoms with Crippen LogP contribution in [0.5, 0.6) is 0 Å². The van der Waals surface area contributed by atoms with Gasteiger partial charge in [0.1, 0.15) is 28.6 Å². The third-order valence-corrected chi connectivity index (χ3v) is 23.1. The maximum atomic E-state index is 16.5. The van der Waals surface area contributed by atoms with Gasteiger partial charge in [0.15, 0.2) is 11.2 Å². The zero-order valence-corrected chi connectivity index (χ0v) is 69.9. The molecule has 1 aliphatic heterocycles. The first-order valence-electron chi connectivity index (χ1n) is 42.2. The quantitative estimate of drug-likeness (QED) is 0.0778. The lowest BCUT2D eigenvalue weighted by atomic mass is 9.79. The number of rotatable bonds is 17. The topological polar surface area (TPSA) is 84.1 Å². The van der Waals surface area contributed by atoms with Gasteiger partial charge in [0.25, 0.3) is 0 Å². The highest BCUT2D eigenvalue weighted by Gasteiger charge is 2.51. The van der Waals surface area contributed by atoms with Crippen molar-refractivity contribution in [2.75, 3.05) is 20.9 Å². The predicted molar refractivity (Wildman–Crippen MR) is 518 cm³/mol. The van der Waals surface area contributed by atoms with E-state index in [0.717, 1.165) is 145 Å². The van der Waals surface area contributed by atoms with Crippen LogP contribution >= 0.6 is 0 Å². The summed E-state index contributed by atoms with van der Waals surface area (Å²) in [6, 6.07) is 145. The van der Waals surface area contributed by atoms with Crippen molar-refractivity contribution >= 4 is 108 Å². The molecule has 0 amide bonds. The molecule has 18 aromatic carbocycles. The minimum atomic E-state index is -0.471. The summed E-state index contributed by atoms with van der Waals surface area (Å²) in [5.41, 5.74) is 23.2. The first-order chi connectivity index (χ1) is 61.7. The Kier molecular flexibility index (Phi) is 23.7. The number of benzene rings is 18. The lowest BCUT2D eigenvalue weighted by molar-refractivity contribution is 0.00578. The van der Waals surface area contributed by atoms with Gasteiger partial charge in [-0.1, -0.05) is 340 Å². The first kappa shape index (κ1) is 81.5. The highest BCUT2D eigenvalue weighted by molar-refractivity contribution is 6.62. The van der Waals surface area contributed by atoms with Gasteiger partial charge in [0.2, 0.25) is 0 Å². The summed E-state index contributed by atoms with van der Waals surface area (Å²) in [7, 11) is -0.471. The monoisotopic (exact) mass is 1640 g/mol. The number of hydrogen-bond acceptors (Lipinski definition) is 8. The van der Waals surface area contributed by atoms with Gasteiger partial charge in [-0.15, -0.1) is 0 Å². The normalized spacial score (nSPS) is 12.5. The fourth-order valence-electron chi connectivity index (χ4n) is 16.1. The molecule has 1 fully saturated rings. The number of nitrogens with zero attached hydrogens (tertiary/aromatic N) is 1. The Labute approximate surface area is 732 Å². The molecule has 126 heavy (non-hydrogen) atoms. The lowest BCUT2D eigenvalue weighted by Gasteiger charge is -2.32. The summed E-state index contributed by atoms with van der Waals surface area (Å²) < 4.78 is 72.1. The Morgan fingerprint density at radius 3 is 1.03 bits per heavy atom. The minimum absolute atomic E-state index is 0.269. The van der Waals surface area contributed by atoms with E-state index >= 15 is 13.2 Å². The Morgan fingerprint density at radius 1 is 0.254 bits per heavy atom. The molecule has 1 aliphatic rings. The second kappa shape index (κ2) is 36.7. The maximum Gasteiger partial charge on any atom is 0.494 e. The standard InChI is InChI=1S/C36H33BFNO2.C30H20FNO.C24H18FN.C24H17NO/c1-35(2)36(3,4)41-37(40-35)29-20-22-31(23-21-29)39(30-18-12-7-13-19-30)34-32(27-16-10-6-11-17-27)24-28(25-33(34)38)26-14-8-5-9-15-26;31-26-19-22(20-10-3-1-4-11-20)18-25(21-12-5-2-6-13-21)29(26)32-27-16-9-15-24-23-14-7-8-17-28(23)33-30(24)27;25-23-17-20(18-10-4-1-5-11-18)16-22(19-12-6-2-7-13-19)24(23)26-21-14-8-3-9-15-21;1-2-9-17(10-3-1)18-11-4-6-14-21(18)25-22-15-8-13-20-19-12-5-7-16-23(19)26-24(20)22/h5-25H,1-4H3;1-19,32H;1-17,26H;1-16,25H. The van der Waals surface area contributed by atoms with Gasteiger partial charge >= 0.3 is 7.12 Å². The SMILES string of the molecule is CC1(C)OB(c2ccc(N(c3ccccc3)c3c(F)cc(-c4ccccc4)cc3-c3ccccc3)cc2)OC1(C)C.Fc1cc(-c2ccccc2)cc(-c2ccccc2)c1Nc1cccc2c1oc1ccccc12.Fc1cc(-c2ccccc2)cc(-c2ccccc2)c1Nc1ccccc1.c1ccc(-c2ccccc2Nc2cccc3c2oc2ccccc23)cc1. The minimum Gasteiger partial charge on any atom is -0.454 e. The van der Waals surface area contributed by atoms with Crippen LogP contribution in [0.3, 0.4) is 0 Å². The van der Waals surface area contributed by atoms with E-state index in [2.05, 4.69) is 88.7 Å². The van der Waals surface area contributed by atoms with Crippen molar-refractivity contribution in [3.05, 3.63) is 460 Å². The number of hydrogen-bond donors (Lipinski definition) is 3. The second-order valence-electron chi connectivity index (χ2n) is 31.9. The third kappa shape index (κ3) is 17.7. The van der Waals surface area contributed by atoms with Gasteiger partial charge in [-0.2, -0.15) is 0 Å². The van der Waals surface area contributed by atoms with Gasteiger partial charge in [-0.05, 0) is 192 Å². The second-order valence-corrected chi connectivity index (χ2v) is 31.9. The molecule has 0 bridgehead atoms. The number of fused-ring (bicyclic) bond motifs is 6. The molecular formula is C114H88BF3N4O4. The van der Waals surface area contributed by atoms with Gasteiger partial charge in [0.05, 0.1) is 39.6 Å². The summed E-state index contributed by atoms with van der Waals surface area (Å²) >= 11 is 0. The molecule has 20 aromatic rings. The van der Waals surface area contributed by atoms with Crippen LogP contribution in [-0.2, 0) is 9.31 Å². The summed E-state index contributed by atoms with van der Waals surface area (Å²) in [6.07, 6.45) is 0. The largest absolute Gasteiger partial charge is 0.494 e. The Bertz CT molecular complexity index is 7120. The van der Waals surface area contributed by atoms with Crippen LogP contribution in [0.25, 0.3) is 122 Å². The van der Waals surface area contributed by atoms with Crippen molar-refractivity contribution in [1.29, 1.82) is 0 Å². The molecule has 612 valence electrons. The summed E-state index contributed by atoms with van der Waals surface area (Å²) in [4.78, 5) is 1.99. The van der Waals surface area contributed by atoms with E-state index in [-0.39, 0.29) is 17.5 Å². The molecule has 8 nitrogen and oxygen atoms in total. The number of halogens is 3. The molecule has 0 atom stereocenters. The Morgan fingerprint density at radius 2 is 0.579 bits per heavy atom. The molecule has 0 saturated carbocycles. The summed E-state index contributed by atoms with van der Waals surface area (Å²) in [6.45, 7) is 8.19. The van der Waals surface area contributed by atoms with Crippen molar-refractivity contribution in [2.45, 2.75) is 38.9 Å². The highest BCUT2D eigenvalue weighted by atomic mass is 19.1. The fourth-order valence-corrected chi connectivity index (χ4v) is 16.1. The third-order valence-electron chi connectivity index (χ3n) is 23.1. The van der Waals surface area contributed by atoms with Crippen LogP contribution in [0.1, 0.15) is 27.7 Å². The molecule has 0 spiro atoms. The Hall–Kier alpha value is -15.5. The van der Waals surface area contributed by atoms with Crippen molar-refractivity contribution in [3.63, 3.8) is 0 Å². The van der Waals surface area contributed by atoms with E-state index in [1.54, 1.807) is 18.2 Å². The van der Waals surface area contributed by atoms with Crippen LogP contribution in [0.2, 0.25) is 0 Å². The van der Waals surface area contributed by atoms with Crippen LogP contribution in [0.15, 0.2) is 452 Å². The zero-order valence-electron chi connectivity index (χ0n) is 69.9. The van der Waals surface area contributed by atoms with Crippen molar-refractivity contribution in [2.24, 2.45) is 0 Å². The van der Waals surface area contributed by atoms with Crippen molar-refractivity contribution < 1.29 is 31.3 Å². The van der Waals surface area contributed by atoms with E-state index in [4.69, 9.17) is 18.1 Å². The zero-order chi connectivity index (χ0) is 85.9. The van der Waals surface area contributed by atoms with Crippen LogP contribution in [0.4, 0.5) is 64.4 Å². The number of para-hydroxylation sites is 7. The molecule has 3 heterocycles. The Balaban J connectivity index is 0.000000116. The highest BCUT2D eigenvalue weighted by Crippen LogP contribution is 2.47. The van der Waals surface area contributed by atoms with Crippen molar-refractivity contribution in [3.8, 4) is 77.9 Å². The fraction of sp³-hybridized carbons (Fsp3) is 0.0526. The van der Waals surface area contributed by atoms with Crippen LogP contribution in [0, 0.1) is 17.5 Å². The molecular weight excluding hydrogens is 1560 g/mol. The summed E-state index contributed by atoms with van der Waals surface area (Å²) in [5, 5.41) is 14.5. The lowest BCUT2D eigenvalue weighted by Crippen LogP contribution is -2.41. The number of furan rings is 2. The van der Waals surface area contributed by atoms with E-state index in [0.29, 0.717) is 22.6 Å². The van der Waals surface area contributed by atoms with Crippen LogP contribution in [-0.4, -0.2) is 18.3 Å². The summed E-state index contributed by atoms with van der Waals surface area (Å²) in [5.74, 6) is -0.888. The van der Waals surface area contributed by atoms with E-state index < -0.39 is 18.3 Å². The molecule has 0 radical (unpaired) electrons. The average molecular weight is 1650 g/mol. The maximum absolute atomic E-state index is 16.5. The predicted octanol–water partition coefficient (Wildman–Crippen LogP) is 31.6. The smallest absolute Gasteiger partial charge is 0.454 e. The molecule has 1 saturated heterocycles. The van der Waals surface area contributed by atoms with Gasteiger partial charge in [-0.3, -0.25) is 0 Å². The molecule has 2 aromatic heterocycles. The van der Waals surface area contributed by atoms with E-state index in [1.807, 2.05) is 384 Å². The van der Waals surface area contributed by atoms with Gasteiger partial charge < -0.3 is 39.0 Å². The molecule has 0 unspecified atom stereocenters. The molecule has 12 heteroatoms. The van der Waals surface area contributed by atoms with Crippen LogP contribution < -0.4 is 26.3 Å². The van der Waals surface area contributed by atoms with E-state index in [1.165, 1.54) is 11.1 Å². The van der Waals surface area contributed by atoms with Gasteiger partial charge in [-0.25, -0.2) is 13.2 Å². The average Bonchev–Trinajstić information content (AvgIpc) is 1.22. The first-order valence-corrected chi connectivity index (χ1v) is 42.2. The van der Waals surface area contributed by atoms with Crippen molar-refractivity contribution in [1.82, 2.24) is 0 Å². The van der Waals surface area contributed by atoms with Gasteiger partial charge in [0, 0.05) is 66.5 Å². The number of anilines is 9. The molecule has 3 N–H and O–H groups in total. The molecule has 21 rings (SSSR count). The van der Waals surface area contributed by atoms with E-state index in [9.17, 15) is 0 Å². The molecule has 0 aliphatic carbocycles. The number of nitrogens with one attached hydrogen (secondary N) is 3.